The van der Waals surface area contributed by atoms with Crippen molar-refractivity contribution in [2.45, 2.75) is 12.8 Å². The van der Waals surface area contributed by atoms with Crippen LogP contribution in [0.4, 0.5) is 10.8 Å². The fraction of sp³-hybridized carbons (Fsp3) is 0.0833. The Hall–Kier alpha value is -4.44. The van der Waals surface area contributed by atoms with E-state index >= 15 is 0 Å². The normalized spacial score (nSPS) is 12.1. The summed E-state index contributed by atoms with van der Waals surface area (Å²) in [7, 11) is 0. The van der Waals surface area contributed by atoms with Crippen LogP contribution < -0.4 is 16.5 Å². The van der Waals surface area contributed by atoms with Crippen molar-refractivity contribution in [3.8, 4) is 0 Å². The van der Waals surface area contributed by atoms with Crippen LogP contribution in [0.25, 0.3) is 21.0 Å². The second-order valence-electron chi connectivity index (χ2n) is 7.46. The number of hydrogen-bond acceptors (Lipinski definition) is 7. The van der Waals surface area contributed by atoms with Crippen LogP contribution in [-0.2, 0) is 6.42 Å². The van der Waals surface area contributed by atoms with Crippen LogP contribution in [0.5, 0.6) is 0 Å². The number of benzene rings is 3. The molecule has 0 atom stereocenters. The Morgan fingerprint density at radius 1 is 0.912 bits per heavy atom. The summed E-state index contributed by atoms with van der Waals surface area (Å²) in [5.74, 6) is 0.475. The lowest BCUT2D eigenvalue weighted by Crippen LogP contribution is -2.18. The van der Waals surface area contributed by atoms with Crippen molar-refractivity contribution in [2.75, 3.05) is 5.43 Å². The van der Waals surface area contributed by atoms with Gasteiger partial charge in [-0.2, -0.15) is 5.10 Å². The molecule has 0 aliphatic rings. The van der Waals surface area contributed by atoms with E-state index in [-0.39, 0.29) is 16.5 Å². The van der Waals surface area contributed by atoms with E-state index in [0.29, 0.717) is 28.5 Å². The van der Waals surface area contributed by atoms with Gasteiger partial charge in [0, 0.05) is 6.42 Å². The largest absolute Gasteiger partial charge is 0.277 e. The number of anilines is 1. The Kier molecular flexibility index (Phi) is 6.04. The zero-order valence-electron chi connectivity index (χ0n) is 17.9. The zero-order chi connectivity index (χ0) is 23.3. The number of H-pyrrole nitrogens is 2. The van der Waals surface area contributed by atoms with Crippen LogP contribution in [0.2, 0.25) is 0 Å². The maximum absolute atomic E-state index is 12.1. The van der Waals surface area contributed by atoms with Crippen molar-refractivity contribution in [1.82, 2.24) is 15.2 Å². The predicted octanol–water partition coefficient (Wildman–Crippen LogP) is 4.97. The molecular formula is C24H19N7O2S. The molecule has 0 aliphatic carbocycles. The summed E-state index contributed by atoms with van der Waals surface area (Å²) in [4.78, 5) is 28.5. The number of nitrogens with one attached hydrogen (secondary N) is 3. The van der Waals surface area contributed by atoms with E-state index in [9.17, 15) is 9.59 Å². The van der Waals surface area contributed by atoms with Crippen LogP contribution in [0.15, 0.2) is 97.7 Å². The van der Waals surface area contributed by atoms with Crippen LogP contribution in [0.1, 0.15) is 12.0 Å². The molecule has 9 nitrogen and oxygen atoms in total. The van der Waals surface area contributed by atoms with E-state index in [1.54, 1.807) is 18.2 Å². The smallest absolute Gasteiger partial charge is 0.270 e. The molecule has 0 bridgehead atoms. The number of para-hydroxylation sites is 1. The van der Waals surface area contributed by atoms with E-state index in [1.807, 2.05) is 54.6 Å². The molecule has 3 aromatic carbocycles. The molecule has 0 saturated carbocycles. The third kappa shape index (κ3) is 4.81. The minimum Gasteiger partial charge on any atom is -0.277 e. The maximum atomic E-state index is 12.1. The van der Waals surface area contributed by atoms with Crippen LogP contribution in [0, 0.1) is 0 Å². The Morgan fingerprint density at radius 2 is 1.68 bits per heavy atom. The SMILES string of the molecule is O=c1[nH][nH]c(=O)c2cc(NN=C(CCc3ccccc3)N=Nc3nc4ccccc4s3)ccc12. The number of amidine groups is 1. The molecule has 0 fully saturated rings. The summed E-state index contributed by atoms with van der Waals surface area (Å²) in [6.07, 6.45) is 1.27. The second-order valence-corrected chi connectivity index (χ2v) is 8.47. The molecule has 10 heteroatoms. The van der Waals surface area contributed by atoms with Crippen LogP contribution in [0.3, 0.4) is 0 Å². The first-order valence-electron chi connectivity index (χ1n) is 10.5. The van der Waals surface area contributed by atoms with Gasteiger partial charge in [-0.05, 0) is 42.3 Å². The van der Waals surface area contributed by atoms with E-state index in [1.165, 1.54) is 11.3 Å². The van der Waals surface area contributed by atoms with Crippen molar-refractivity contribution in [1.29, 1.82) is 0 Å². The quantitative estimate of drug-likeness (QED) is 0.140. The highest BCUT2D eigenvalue weighted by molar-refractivity contribution is 7.21. The van der Waals surface area contributed by atoms with Crippen molar-refractivity contribution < 1.29 is 0 Å². The first kappa shape index (κ1) is 21.4. The Balaban J connectivity index is 1.42. The number of azo groups is 1. The molecule has 0 saturated heterocycles. The molecule has 0 spiro atoms. The van der Waals surface area contributed by atoms with Crippen molar-refractivity contribution >= 4 is 49.0 Å². The highest BCUT2D eigenvalue weighted by atomic mass is 32.1. The first-order chi connectivity index (χ1) is 16.7. The van der Waals surface area contributed by atoms with E-state index < -0.39 is 0 Å². The summed E-state index contributed by atoms with van der Waals surface area (Å²) in [6.45, 7) is 0. The molecule has 0 radical (unpaired) electrons. The predicted molar refractivity (Wildman–Crippen MR) is 135 cm³/mol. The van der Waals surface area contributed by atoms with Gasteiger partial charge in [-0.15, -0.1) is 10.2 Å². The van der Waals surface area contributed by atoms with Crippen molar-refractivity contribution in [3.63, 3.8) is 0 Å². The number of fused-ring (bicyclic) bond motifs is 2. The standard InChI is InChI=1S/C24H19N7O2S/c32-22-17-12-11-16(14-18(17)23(33)30-29-22)26-27-21(13-10-15-6-2-1-3-7-15)28-31-24-25-19-8-4-5-9-20(19)34-24/h1-9,11-12,14,26H,10,13H2,(H,29,32)(H,30,33). The fourth-order valence-electron chi connectivity index (χ4n) is 3.41. The first-order valence-corrected chi connectivity index (χ1v) is 11.4. The Morgan fingerprint density at radius 3 is 2.50 bits per heavy atom. The van der Waals surface area contributed by atoms with Crippen molar-refractivity contribution in [3.05, 3.63) is 99.1 Å². The molecule has 2 aromatic heterocycles. The fourth-order valence-corrected chi connectivity index (χ4v) is 4.20. The minimum atomic E-state index is -0.387. The van der Waals surface area contributed by atoms with Crippen LogP contribution >= 0.6 is 11.3 Å². The number of aromatic nitrogens is 3. The Labute approximate surface area is 196 Å². The van der Waals surface area contributed by atoms with Gasteiger partial charge in [-0.1, -0.05) is 53.8 Å². The monoisotopic (exact) mass is 469 g/mol. The van der Waals surface area contributed by atoms with E-state index in [0.717, 1.165) is 22.2 Å². The van der Waals surface area contributed by atoms with Gasteiger partial charge in [0.15, 0.2) is 5.84 Å². The Bertz CT molecular complexity index is 1600. The molecule has 2 heterocycles. The third-order valence-corrected chi connectivity index (χ3v) is 6.05. The average molecular weight is 470 g/mol. The highest BCUT2D eigenvalue weighted by Gasteiger charge is 2.06. The third-order valence-electron chi connectivity index (χ3n) is 5.13. The van der Waals surface area contributed by atoms with E-state index in [4.69, 9.17) is 0 Å². The number of hydrogen-bond donors (Lipinski definition) is 3. The summed E-state index contributed by atoms with van der Waals surface area (Å²) >= 11 is 1.45. The minimum absolute atomic E-state index is 0.269. The number of rotatable bonds is 6. The van der Waals surface area contributed by atoms with Crippen LogP contribution in [-0.4, -0.2) is 21.0 Å². The number of hydrazone groups is 1. The molecule has 5 rings (SSSR count). The average Bonchev–Trinajstić information content (AvgIpc) is 3.29. The van der Waals surface area contributed by atoms with Gasteiger partial charge in [0.2, 0.25) is 5.13 Å². The molecule has 0 aliphatic heterocycles. The second kappa shape index (κ2) is 9.59. The summed E-state index contributed by atoms with van der Waals surface area (Å²) in [5, 5.41) is 18.8. The molecule has 34 heavy (non-hydrogen) atoms. The zero-order valence-corrected chi connectivity index (χ0v) is 18.7. The van der Waals surface area contributed by atoms with Gasteiger partial charge < -0.3 is 0 Å². The van der Waals surface area contributed by atoms with Gasteiger partial charge >= 0.3 is 0 Å². The molecule has 5 aromatic rings. The molecule has 0 amide bonds. The lowest BCUT2D eigenvalue weighted by Gasteiger charge is -2.05. The van der Waals surface area contributed by atoms with Gasteiger partial charge in [-0.3, -0.25) is 25.2 Å². The van der Waals surface area contributed by atoms with Gasteiger partial charge in [0.1, 0.15) is 0 Å². The van der Waals surface area contributed by atoms with Gasteiger partial charge in [0.05, 0.1) is 26.7 Å². The van der Waals surface area contributed by atoms with E-state index in [2.05, 4.69) is 35.9 Å². The van der Waals surface area contributed by atoms with Gasteiger partial charge in [-0.25, -0.2) is 4.98 Å². The summed E-state index contributed by atoms with van der Waals surface area (Å²) in [5.41, 5.74) is 4.76. The summed E-state index contributed by atoms with van der Waals surface area (Å²) < 4.78 is 1.04. The summed E-state index contributed by atoms with van der Waals surface area (Å²) in [6, 6.07) is 22.7. The van der Waals surface area contributed by atoms with Crippen molar-refractivity contribution in [2.24, 2.45) is 15.3 Å². The van der Waals surface area contributed by atoms with Gasteiger partial charge in [0.25, 0.3) is 11.1 Å². The molecule has 168 valence electrons. The maximum Gasteiger partial charge on any atom is 0.270 e. The topological polar surface area (TPSA) is 128 Å². The number of aryl methyl sites for hydroxylation is 1. The molecule has 3 N–H and O–H groups in total. The lowest BCUT2D eigenvalue weighted by molar-refractivity contribution is 0.976. The molecular weight excluding hydrogens is 450 g/mol. The number of aromatic amines is 2. The number of thiazole rings is 1. The lowest BCUT2D eigenvalue weighted by atomic mass is 10.1. The number of nitrogens with zero attached hydrogens (tertiary/aromatic N) is 4. The molecule has 0 unspecified atom stereocenters. The highest BCUT2D eigenvalue weighted by Crippen LogP contribution is 2.28.